The van der Waals surface area contributed by atoms with Gasteiger partial charge in [-0.15, -0.1) is 6.42 Å². The number of terminal acetylenes is 1. The Bertz CT molecular complexity index is 492. The first-order chi connectivity index (χ1) is 9.54. The zero-order valence-corrected chi connectivity index (χ0v) is 11.9. The van der Waals surface area contributed by atoms with Crippen LogP contribution in [0, 0.1) is 12.3 Å². The lowest BCUT2D eigenvalue weighted by molar-refractivity contribution is 0.0557. The molecular weight excluding hydrogens is 256 g/mol. The highest BCUT2D eigenvalue weighted by Gasteiger charge is 2.09. The summed E-state index contributed by atoms with van der Waals surface area (Å²) in [5.41, 5.74) is 6.61. The Kier molecular flexibility index (Phi) is 6.41. The van der Waals surface area contributed by atoms with E-state index in [1.54, 1.807) is 12.1 Å². The van der Waals surface area contributed by atoms with Gasteiger partial charge in [-0.05, 0) is 38.7 Å². The quantitative estimate of drug-likeness (QED) is 0.353. The maximum atomic E-state index is 11.6. The van der Waals surface area contributed by atoms with Crippen LogP contribution in [0.5, 0.6) is 5.75 Å². The first-order valence-electron chi connectivity index (χ1n) is 6.32. The number of nitrogens with two attached hydrogens (primary N) is 1. The standard InChI is InChI=1S/C15H20N2O3/c1-4-9-20-15(18)12-6-7-14(13(16)11-12)19-10-5-8-17(2)3/h1,6-7,11H,5,8-10,16H2,2-3H3. The molecule has 0 heterocycles. The summed E-state index contributed by atoms with van der Waals surface area (Å²) in [5.74, 6) is 2.31. The third-order valence-electron chi connectivity index (χ3n) is 2.54. The minimum absolute atomic E-state index is 0.0540. The molecule has 0 aliphatic heterocycles. The van der Waals surface area contributed by atoms with Gasteiger partial charge in [-0.25, -0.2) is 4.79 Å². The van der Waals surface area contributed by atoms with Gasteiger partial charge in [0.05, 0.1) is 17.9 Å². The van der Waals surface area contributed by atoms with Crippen LogP contribution in [0.25, 0.3) is 0 Å². The van der Waals surface area contributed by atoms with Crippen molar-refractivity contribution in [2.75, 3.05) is 39.6 Å². The van der Waals surface area contributed by atoms with Crippen molar-refractivity contribution in [1.82, 2.24) is 4.90 Å². The Morgan fingerprint density at radius 2 is 2.20 bits per heavy atom. The van der Waals surface area contributed by atoms with E-state index in [9.17, 15) is 4.79 Å². The summed E-state index contributed by atoms with van der Waals surface area (Å²) >= 11 is 0. The maximum absolute atomic E-state index is 11.6. The summed E-state index contributed by atoms with van der Waals surface area (Å²) in [6.07, 6.45) is 5.92. The zero-order chi connectivity index (χ0) is 15.0. The van der Waals surface area contributed by atoms with Gasteiger partial charge in [0.2, 0.25) is 0 Å². The van der Waals surface area contributed by atoms with Crippen LogP contribution in [-0.2, 0) is 4.74 Å². The van der Waals surface area contributed by atoms with Gasteiger partial charge in [-0.3, -0.25) is 0 Å². The van der Waals surface area contributed by atoms with Gasteiger partial charge >= 0.3 is 5.97 Å². The van der Waals surface area contributed by atoms with Crippen molar-refractivity contribution in [3.05, 3.63) is 23.8 Å². The molecule has 5 heteroatoms. The number of ether oxygens (including phenoxy) is 2. The molecule has 0 aromatic heterocycles. The van der Waals surface area contributed by atoms with Crippen LogP contribution in [-0.4, -0.2) is 44.7 Å². The van der Waals surface area contributed by atoms with Crippen molar-refractivity contribution in [3.63, 3.8) is 0 Å². The van der Waals surface area contributed by atoms with E-state index in [2.05, 4.69) is 10.8 Å². The number of nitrogen functional groups attached to an aromatic ring is 1. The molecule has 0 atom stereocenters. The number of carbonyl (C=O) groups is 1. The predicted octanol–water partition coefficient (Wildman–Crippen LogP) is 1.39. The van der Waals surface area contributed by atoms with E-state index in [-0.39, 0.29) is 6.61 Å². The highest BCUT2D eigenvalue weighted by Crippen LogP contribution is 2.23. The summed E-state index contributed by atoms with van der Waals surface area (Å²) < 4.78 is 10.4. The van der Waals surface area contributed by atoms with Crippen molar-refractivity contribution in [3.8, 4) is 18.1 Å². The number of esters is 1. The highest BCUT2D eigenvalue weighted by molar-refractivity contribution is 5.91. The van der Waals surface area contributed by atoms with Crippen LogP contribution in [0.2, 0.25) is 0 Å². The van der Waals surface area contributed by atoms with Gasteiger partial charge in [0.1, 0.15) is 5.75 Å². The summed E-state index contributed by atoms with van der Waals surface area (Å²) in [6, 6.07) is 4.80. The normalized spacial score (nSPS) is 10.1. The molecule has 0 amide bonds. The molecule has 2 N–H and O–H groups in total. The number of hydrogen-bond acceptors (Lipinski definition) is 5. The van der Waals surface area contributed by atoms with E-state index >= 15 is 0 Å². The topological polar surface area (TPSA) is 64.8 Å². The smallest absolute Gasteiger partial charge is 0.339 e. The summed E-state index contributed by atoms with van der Waals surface area (Å²) in [6.45, 7) is 1.46. The summed E-state index contributed by atoms with van der Waals surface area (Å²) in [7, 11) is 4.01. The number of nitrogens with zero attached hydrogens (tertiary/aromatic N) is 1. The van der Waals surface area contributed by atoms with E-state index in [0.717, 1.165) is 13.0 Å². The monoisotopic (exact) mass is 276 g/mol. The molecule has 0 spiro atoms. The molecule has 20 heavy (non-hydrogen) atoms. The highest BCUT2D eigenvalue weighted by atomic mass is 16.5. The lowest BCUT2D eigenvalue weighted by Gasteiger charge is -2.12. The lowest BCUT2D eigenvalue weighted by Crippen LogP contribution is -2.15. The van der Waals surface area contributed by atoms with E-state index in [1.807, 2.05) is 14.1 Å². The Morgan fingerprint density at radius 3 is 2.80 bits per heavy atom. The van der Waals surface area contributed by atoms with Crippen LogP contribution in [0.3, 0.4) is 0 Å². The lowest BCUT2D eigenvalue weighted by atomic mass is 10.2. The number of carbonyl (C=O) groups excluding carboxylic acids is 1. The molecule has 0 fully saturated rings. The van der Waals surface area contributed by atoms with Crippen molar-refractivity contribution in [2.24, 2.45) is 0 Å². The third-order valence-corrected chi connectivity index (χ3v) is 2.54. The number of anilines is 1. The average molecular weight is 276 g/mol. The Hall–Kier alpha value is -2.19. The van der Waals surface area contributed by atoms with E-state index in [0.29, 0.717) is 23.6 Å². The summed E-state index contributed by atoms with van der Waals surface area (Å²) in [5, 5.41) is 0. The van der Waals surface area contributed by atoms with Crippen molar-refractivity contribution in [2.45, 2.75) is 6.42 Å². The van der Waals surface area contributed by atoms with Gasteiger partial charge in [-0.2, -0.15) is 0 Å². The predicted molar refractivity (Wildman–Crippen MR) is 78.6 cm³/mol. The average Bonchev–Trinajstić information content (AvgIpc) is 2.42. The van der Waals surface area contributed by atoms with E-state index in [1.165, 1.54) is 6.07 Å². The largest absolute Gasteiger partial charge is 0.491 e. The van der Waals surface area contributed by atoms with Crippen molar-refractivity contribution in [1.29, 1.82) is 0 Å². The molecule has 1 rings (SSSR count). The molecule has 0 saturated heterocycles. The molecule has 0 aliphatic rings. The second-order valence-corrected chi connectivity index (χ2v) is 4.54. The first kappa shape index (κ1) is 15.9. The Labute approximate surface area is 119 Å². The maximum Gasteiger partial charge on any atom is 0.339 e. The fourth-order valence-corrected chi connectivity index (χ4v) is 1.56. The van der Waals surface area contributed by atoms with Crippen molar-refractivity contribution < 1.29 is 14.3 Å². The van der Waals surface area contributed by atoms with Crippen LogP contribution in [0.15, 0.2) is 18.2 Å². The number of hydrogen-bond donors (Lipinski definition) is 1. The molecule has 108 valence electrons. The molecule has 0 bridgehead atoms. The Morgan fingerprint density at radius 1 is 1.45 bits per heavy atom. The van der Waals surface area contributed by atoms with Gasteiger partial charge in [0, 0.05) is 6.54 Å². The zero-order valence-electron chi connectivity index (χ0n) is 11.9. The fourth-order valence-electron chi connectivity index (χ4n) is 1.56. The molecule has 5 nitrogen and oxygen atoms in total. The molecule has 0 radical (unpaired) electrons. The third kappa shape index (κ3) is 5.21. The second-order valence-electron chi connectivity index (χ2n) is 4.54. The van der Waals surface area contributed by atoms with Gasteiger partial charge in [0.25, 0.3) is 0 Å². The SMILES string of the molecule is C#CCOC(=O)c1ccc(OCCCN(C)C)c(N)c1. The van der Waals surface area contributed by atoms with Crippen molar-refractivity contribution >= 4 is 11.7 Å². The molecule has 0 saturated carbocycles. The van der Waals surface area contributed by atoms with Crippen LogP contribution in [0.4, 0.5) is 5.69 Å². The first-order valence-corrected chi connectivity index (χ1v) is 6.32. The van der Waals surface area contributed by atoms with Gasteiger partial charge < -0.3 is 20.1 Å². The van der Waals surface area contributed by atoms with Crippen LogP contribution >= 0.6 is 0 Å². The minimum Gasteiger partial charge on any atom is -0.491 e. The summed E-state index contributed by atoms with van der Waals surface area (Å²) in [4.78, 5) is 13.7. The van der Waals surface area contributed by atoms with Crippen LogP contribution < -0.4 is 10.5 Å². The van der Waals surface area contributed by atoms with E-state index < -0.39 is 5.97 Å². The molecule has 0 unspecified atom stereocenters. The van der Waals surface area contributed by atoms with Gasteiger partial charge in [-0.1, -0.05) is 5.92 Å². The molecular formula is C15H20N2O3. The fraction of sp³-hybridized carbons (Fsp3) is 0.400. The number of benzene rings is 1. The second kappa shape index (κ2) is 8.08. The Balaban J connectivity index is 2.55. The number of rotatable bonds is 7. The van der Waals surface area contributed by atoms with Gasteiger partial charge in [0.15, 0.2) is 6.61 Å². The molecule has 1 aromatic rings. The minimum atomic E-state index is -0.492. The van der Waals surface area contributed by atoms with E-state index in [4.69, 9.17) is 21.6 Å². The van der Waals surface area contributed by atoms with Crippen LogP contribution in [0.1, 0.15) is 16.8 Å². The molecule has 0 aliphatic carbocycles. The molecule has 1 aromatic carbocycles.